The highest BCUT2D eigenvalue weighted by Gasteiger charge is 2.28. The highest BCUT2D eigenvalue weighted by Crippen LogP contribution is 2.34. The van der Waals surface area contributed by atoms with Crippen LogP contribution < -0.4 is 19.9 Å². The van der Waals surface area contributed by atoms with E-state index < -0.39 is 5.60 Å². The van der Waals surface area contributed by atoms with Gasteiger partial charge in [0.25, 0.3) is 5.91 Å². The molecule has 2 amide bonds. The lowest BCUT2D eigenvalue weighted by molar-refractivity contribution is 0.0240. The number of benzene rings is 1. The lowest BCUT2D eigenvalue weighted by atomic mass is 9.95. The van der Waals surface area contributed by atoms with Gasteiger partial charge in [0.1, 0.15) is 11.4 Å². The van der Waals surface area contributed by atoms with Gasteiger partial charge in [-0.25, -0.2) is 14.5 Å². The Morgan fingerprint density at radius 2 is 1.77 bits per heavy atom. The molecule has 2 saturated heterocycles. The molecule has 2 aliphatic rings. The van der Waals surface area contributed by atoms with E-state index in [4.69, 9.17) is 19.2 Å². The molecule has 48 heavy (non-hydrogen) atoms. The summed E-state index contributed by atoms with van der Waals surface area (Å²) in [6.07, 6.45) is 3.48. The number of carbonyl (C=O) groups excluding carboxylic acids is 2. The van der Waals surface area contributed by atoms with Crippen LogP contribution in [0.3, 0.4) is 0 Å². The van der Waals surface area contributed by atoms with Gasteiger partial charge in [-0.3, -0.25) is 4.79 Å². The van der Waals surface area contributed by atoms with E-state index in [1.165, 1.54) is 0 Å². The third-order valence-corrected chi connectivity index (χ3v) is 9.15. The zero-order valence-electron chi connectivity index (χ0n) is 29.8. The SMILES string of the molecule is CCN(c1cc(-c2ccc(N3CCN(C(=O)OC(C)(C)C)CC3)nc2)cc(C(=O)NCc2c(C)nn(C)c2OC)c1C)C1CCOCC1. The van der Waals surface area contributed by atoms with Gasteiger partial charge in [-0.15, -0.1) is 0 Å². The van der Waals surface area contributed by atoms with E-state index in [9.17, 15) is 9.59 Å². The fourth-order valence-corrected chi connectivity index (χ4v) is 6.61. The van der Waals surface area contributed by atoms with Gasteiger partial charge >= 0.3 is 6.09 Å². The lowest BCUT2D eigenvalue weighted by Crippen LogP contribution is -2.50. The summed E-state index contributed by atoms with van der Waals surface area (Å²) in [6, 6.07) is 8.57. The molecule has 0 unspecified atom stereocenters. The summed E-state index contributed by atoms with van der Waals surface area (Å²) in [4.78, 5) is 37.6. The van der Waals surface area contributed by atoms with Gasteiger partial charge in [0, 0.05) is 82.0 Å². The van der Waals surface area contributed by atoms with E-state index in [1.807, 2.05) is 60.0 Å². The third-order valence-electron chi connectivity index (χ3n) is 9.15. The maximum absolute atomic E-state index is 13.9. The van der Waals surface area contributed by atoms with Crippen molar-refractivity contribution in [2.45, 2.75) is 72.6 Å². The van der Waals surface area contributed by atoms with Crippen LogP contribution in [0.25, 0.3) is 11.1 Å². The van der Waals surface area contributed by atoms with Crippen LogP contribution in [0.1, 0.15) is 67.7 Å². The maximum atomic E-state index is 13.9. The van der Waals surface area contributed by atoms with Crippen LogP contribution in [0.15, 0.2) is 30.5 Å². The van der Waals surface area contributed by atoms with Gasteiger partial charge < -0.3 is 34.2 Å². The van der Waals surface area contributed by atoms with Gasteiger partial charge in [0.15, 0.2) is 0 Å². The number of piperazine rings is 1. The minimum Gasteiger partial charge on any atom is -0.481 e. The number of hydrogen-bond donors (Lipinski definition) is 1. The zero-order chi connectivity index (χ0) is 34.6. The number of nitrogens with one attached hydrogen (secondary N) is 1. The number of methoxy groups -OCH3 is 1. The number of ether oxygens (including phenoxy) is 3. The van der Waals surface area contributed by atoms with Crippen molar-refractivity contribution >= 4 is 23.5 Å². The average Bonchev–Trinajstić information content (AvgIpc) is 3.35. The predicted molar refractivity (Wildman–Crippen MR) is 187 cm³/mol. The molecular weight excluding hydrogens is 610 g/mol. The van der Waals surface area contributed by atoms with Gasteiger partial charge in [0.2, 0.25) is 5.88 Å². The molecule has 5 rings (SSSR count). The Kier molecular flexibility index (Phi) is 10.8. The molecule has 0 saturated carbocycles. The topological polar surface area (TPSA) is 114 Å². The number of hydrogen-bond acceptors (Lipinski definition) is 9. The second-order valence-corrected chi connectivity index (χ2v) is 13.5. The Morgan fingerprint density at radius 3 is 2.38 bits per heavy atom. The molecular formula is C36H51N7O5. The first-order chi connectivity index (χ1) is 22.9. The number of aryl methyl sites for hydroxylation is 2. The standard InChI is InChI=1S/C36H51N7O5/c1-9-43(28-12-18-47-19-13-28)31-21-27(20-29(24(31)2)33(44)38-23-30-25(3)39-40(7)34(30)46-8)26-10-11-32(37-22-26)41-14-16-42(17-15-41)35(45)48-36(4,5)6/h10-11,20-22,28H,9,12-19,23H2,1-8H3,(H,38,44). The van der Waals surface area contributed by atoms with Crippen molar-refractivity contribution < 1.29 is 23.8 Å². The molecule has 0 aliphatic carbocycles. The van der Waals surface area contributed by atoms with E-state index in [0.29, 0.717) is 50.2 Å². The summed E-state index contributed by atoms with van der Waals surface area (Å²) in [5, 5.41) is 7.59. The molecule has 12 heteroatoms. The number of anilines is 2. The molecule has 0 bridgehead atoms. The van der Waals surface area contributed by atoms with E-state index >= 15 is 0 Å². The molecule has 260 valence electrons. The smallest absolute Gasteiger partial charge is 0.410 e. The van der Waals surface area contributed by atoms with Crippen LogP contribution in [0, 0.1) is 13.8 Å². The Bertz CT molecular complexity index is 1580. The van der Waals surface area contributed by atoms with Crippen LogP contribution in [-0.2, 0) is 23.1 Å². The van der Waals surface area contributed by atoms with Crippen molar-refractivity contribution in [3.8, 4) is 17.0 Å². The summed E-state index contributed by atoms with van der Waals surface area (Å²) in [5.41, 5.74) is 5.60. The quantitative estimate of drug-likeness (QED) is 0.335. The molecule has 2 fully saturated rings. The summed E-state index contributed by atoms with van der Waals surface area (Å²) >= 11 is 0. The summed E-state index contributed by atoms with van der Waals surface area (Å²) in [7, 11) is 3.44. The summed E-state index contributed by atoms with van der Waals surface area (Å²) in [6.45, 7) is 16.8. The molecule has 0 atom stereocenters. The van der Waals surface area contributed by atoms with Gasteiger partial charge in [0.05, 0.1) is 24.9 Å². The van der Waals surface area contributed by atoms with Gasteiger partial charge in [-0.05, 0) is 89.8 Å². The Labute approximate surface area is 284 Å². The Morgan fingerprint density at radius 1 is 1.06 bits per heavy atom. The number of carbonyl (C=O) groups is 2. The predicted octanol–water partition coefficient (Wildman–Crippen LogP) is 5.10. The monoisotopic (exact) mass is 661 g/mol. The molecule has 0 spiro atoms. The van der Waals surface area contributed by atoms with E-state index in [2.05, 4.69) is 39.3 Å². The largest absolute Gasteiger partial charge is 0.481 e. The lowest BCUT2D eigenvalue weighted by Gasteiger charge is -2.37. The van der Waals surface area contributed by atoms with E-state index in [-0.39, 0.29) is 12.0 Å². The third kappa shape index (κ3) is 7.86. The summed E-state index contributed by atoms with van der Waals surface area (Å²) < 4.78 is 18.5. The molecule has 1 N–H and O–H groups in total. The van der Waals surface area contributed by atoms with Crippen molar-refractivity contribution in [1.82, 2.24) is 25.0 Å². The van der Waals surface area contributed by atoms with Gasteiger partial charge in [-0.2, -0.15) is 5.10 Å². The zero-order valence-corrected chi connectivity index (χ0v) is 29.8. The van der Waals surface area contributed by atoms with Crippen molar-refractivity contribution in [2.75, 3.05) is 62.8 Å². The van der Waals surface area contributed by atoms with Crippen LogP contribution >= 0.6 is 0 Å². The van der Waals surface area contributed by atoms with Gasteiger partial charge in [-0.1, -0.05) is 0 Å². The average molecular weight is 662 g/mol. The Balaban J connectivity index is 1.40. The fraction of sp³-hybridized carbons (Fsp3) is 0.556. The minimum absolute atomic E-state index is 0.156. The molecule has 12 nitrogen and oxygen atoms in total. The van der Waals surface area contributed by atoms with Crippen molar-refractivity contribution in [3.63, 3.8) is 0 Å². The number of nitrogens with zero attached hydrogens (tertiary/aromatic N) is 6. The maximum Gasteiger partial charge on any atom is 0.410 e. The van der Waals surface area contributed by atoms with Crippen LogP contribution in [0.5, 0.6) is 5.88 Å². The number of amides is 2. The first-order valence-electron chi connectivity index (χ1n) is 16.9. The number of pyridine rings is 1. The molecule has 4 heterocycles. The number of rotatable bonds is 9. The summed E-state index contributed by atoms with van der Waals surface area (Å²) in [5.74, 6) is 1.33. The van der Waals surface area contributed by atoms with E-state index in [1.54, 1.807) is 16.7 Å². The van der Waals surface area contributed by atoms with Crippen LogP contribution in [-0.4, -0.2) is 96.4 Å². The molecule has 2 aromatic heterocycles. The number of aromatic nitrogens is 3. The molecule has 3 aromatic rings. The van der Waals surface area contributed by atoms with Crippen LogP contribution in [0.2, 0.25) is 0 Å². The van der Waals surface area contributed by atoms with Crippen molar-refractivity contribution in [3.05, 3.63) is 52.8 Å². The molecule has 2 aliphatic heterocycles. The second kappa shape index (κ2) is 14.8. The van der Waals surface area contributed by atoms with Crippen molar-refractivity contribution in [2.24, 2.45) is 7.05 Å². The van der Waals surface area contributed by atoms with Crippen molar-refractivity contribution in [1.29, 1.82) is 0 Å². The minimum atomic E-state index is -0.521. The van der Waals surface area contributed by atoms with E-state index in [0.717, 1.165) is 72.1 Å². The molecule has 1 aromatic carbocycles. The van der Waals surface area contributed by atoms with Crippen LogP contribution in [0.4, 0.5) is 16.3 Å². The molecule has 0 radical (unpaired) electrons. The Hall–Kier alpha value is -4.32. The first kappa shape index (κ1) is 35.0. The normalized spacial score (nSPS) is 15.8. The highest BCUT2D eigenvalue weighted by molar-refractivity contribution is 5.99. The highest BCUT2D eigenvalue weighted by atomic mass is 16.6. The second-order valence-electron chi connectivity index (χ2n) is 13.5. The fourth-order valence-electron chi connectivity index (χ4n) is 6.61. The first-order valence-corrected chi connectivity index (χ1v) is 16.9.